The topological polar surface area (TPSA) is 50.7 Å². The van der Waals surface area contributed by atoms with Crippen molar-refractivity contribution in [2.24, 2.45) is 5.10 Å². The molecule has 0 aromatic heterocycles. The molecule has 0 spiro atoms. The highest BCUT2D eigenvalue weighted by molar-refractivity contribution is 9.10. The Labute approximate surface area is 132 Å². The molecule has 0 fully saturated rings. The molecule has 0 heterocycles. The van der Waals surface area contributed by atoms with Gasteiger partial charge in [0.25, 0.3) is 5.91 Å². The van der Waals surface area contributed by atoms with E-state index in [1.54, 1.807) is 25.3 Å². The molecule has 0 aliphatic rings. The van der Waals surface area contributed by atoms with Gasteiger partial charge in [-0.3, -0.25) is 4.79 Å². The molecule has 1 unspecified atom stereocenters. The first-order valence-corrected chi connectivity index (χ1v) is 7.24. The Hall–Kier alpha value is -2.14. The molecular weight excluding hydrogens is 332 g/mol. The third kappa shape index (κ3) is 5.04. The van der Waals surface area contributed by atoms with E-state index in [0.29, 0.717) is 5.75 Å². The van der Waals surface area contributed by atoms with Crippen LogP contribution in [0.4, 0.5) is 0 Å². The van der Waals surface area contributed by atoms with Gasteiger partial charge >= 0.3 is 0 Å². The zero-order valence-corrected chi connectivity index (χ0v) is 13.1. The summed E-state index contributed by atoms with van der Waals surface area (Å²) >= 11 is 3.34. The molecule has 1 atom stereocenters. The number of carbonyl (C=O) groups is 1. The number of benzene rings is 2. The fourth-order valence-electron chi connectivity index (χ4n) is 1.57. The SMILES string of the molecule is CC(Oc1ccc(Br)cc1)C(=O)N/N=C/c1ccccc1. The summed E-state index contributed by atoms with van der Waals surface area (Å²) < 4.78 is 6.48. The van der Waals surface area contributed by atoms with Crippen LogP contribution in [-0.4, -0.2) is 18.2 Å². The smallest absolute Gasteiger partial charge is 0.280 e. The molecule has 0 saturated heterocycles. The van der Waals surface area contributed by atoms with E-state index in [4.69, 9.17) is 4.74 Å². The molecule has 0 aliphatic heterocycles. The maximum Gasteiger partial charge on any atom is 0.280 e. The van der Waals surface area contributed by atoms with Crippen molar-refractivity contribution < 1.29 is 9.53 Å². The van der Waals surface area contributed by atoms with E-state index in [9.17, 15) is 4.79 Å². The van der Waals surface area contributed by atoms with Crippen LogP contribution in [0.1, 0.15) is 12.5 Å². The highest BCUT2D eigenvalue weighted by Crippen LogP contribution is 2.17. The van der Waals surface area contributed by atoms with Crippen molar-refractivity contribution in [3.05, 3.63) is 64.6 Å². The van der Waals surface area contributed by atoms with Crippen LogP contribution >= 0.6 is 15.9 Å². The summed E-state index contributed by atoms with van der Waals surface area (Å²) in [6.07, 6.45) is 0.962. The summed E-state index contributed by atoms with van der Waals surface area (Å²) in [5.41, 5.74) is 3.37. The van der Waals surface area contributed by atoms with Crippen molar-refractivity contribution in [1.29, 1.82) is 0 Å². The summed E-state index contributed by atoms with van der Waals surface area (Å²) in [7, 11) is 0. The van der Waals surface area contributed by atoms with E-state index < -0.39 is 6.10 Å². The van der Waals surface area contributed by atoms with Gasteiger partial charge in [0.05, 0.1) is 6.21 Å². The van der Waals surface area contributed by atoms with Gasteiger partial charge in [-0.2, -0.15) is 5.10 Å². The van der Waals surface area contributed by atoms with E-state index in [2.05, 4.69) is 26.5 Å². The molecule has 108 valence electrons. The lowest BCUT2D eigenvalue weighted by Gasteiger charge is -2.12. The van der Waals surface area contributed by atoms with Crippen LogP contribution in [0, 0.1) is 0 Å². The quantitative estimate of drug-likeness (QED) is 0.666. The fourth-order valence-corrected chi connectivity index (χ4v) is 1.84. The Morgan fingerprint density at radius 3 is 2.52 bits per heavy atom. The first kappa shape index (κ1) is 15.3. The lowest BCUT2D eigenvalue weighted by Crippen LogP contribution is -2.33. The zero-order valence-electron chi connectivity index (χ0n) is 11.5. The third-order valence-electron chi connectivity index (χ3n) is 2.68. The Balaban J connectivity index is 1.85. The predicted molar refractivity (Wildman–Crippen MR) is 86.4 cm³/mol. The molecule has 2 aromatic rings. The van der Waals surface area contributed by atoms with Gasteiger partial charge in [0, 0.05) is 4.47 Å². The van der Waals surface area contributed by atoms with Gasteiger partial charge in [-0.15, -0.1) is 0 Å². The molecule has 0 aliphatic carbocycles. The van der Waals surface area contributed by atoms with E-state index in [-0.39, 0.29) is 5.91 Å². The number of nitrogens with zero attached hydrogens (tertiary/aromatic N) is 1. The monoisotopic (exact) mass is 346 g/mol. The number of rotatable bonds is 5. The summed E-state index contributed by atoms with van der Waals surface area (Å²) in [5.74, 6) is 0.331. The van der Waals surface area contributed by atoms with Crippen LogP contribution in [0.25, 0.3) is 0 Å². The zero-order chi connectivity index (χ0) is 15.1. The second-order valence-corrected chi connectivity index (χ2v) is 5.27. The predicted octanol–water partition coefficient (Wildman–Crippen LogP) is 3.37. The first-order chi connectivity index (χ1) is 10.1. The van der Waals surface area contributed by atoms with Crippen molar-refractivity contribution in [1.82, 2.24) is 5.43 Å². The number of hydrogen-bond donors (Lipinski definition) is 1. The van der Waals surface area contributed by atoms with Crippen LogP contribution < -0.4 is 10.2 Å². The van der Waals surface area contributed by atoms with Gasteiger partial charge in [0.1, 0.15) is 5.75 Å². The molecule has 5 heteroatoms. The summed E-state index contributed by atoms with van der Waals surface area (Å²) in [4.78, 5) is 11.8. The van der Waals surface area contributed by atoms with E-state index >= 15 is 0 Å². The summed E-state index contributed by atoms with van der Waals surface area (Å²) in [6.45, 7) is 1.68. The van der Waals surface area contributed by atoms with Gasteiger partial charge in [-0.05, 0) is 36.8 Å². The van der Waals surface area contributed by atoms with Crippen LogP contribution in [0.5, 0.6) is 5.75 Å². The van der Waals surface area contributed by atoms with Crippen LogP contribution in [0.2, 0.25) is 0 Å². The largest absolute Gasteiger partial charge is 0.481 e. The van der Waals surface area contributed by atoms with Gasteiger partial charge < -0.3 is 4.74 Å². The molecule has 1 N–H and O–H groups in total. The number of amides is 1. The maximum atomic E-state index is 11.8. The van der Waals surface area contributed by atoms with Gasteiger partial charge in [-0.1, -0.05) is 46.3 Å². The second-order valence-electron chi connectivity index (χ2n) is 4.36. The van der Waals surface area contributed by atoms with E-state index in [1.807, 2.05) is 42.5 Å². The number of hydrogen-bond acceptors (Lipinski definition) is 3. The van der Waals surface area contributed by atoms with Gasteiger partial charge in [0.2, 0.25) is 0 Å². The Morgan fingerprint density at radius 2 is 1.86 bits per heavy atom. The number of halogens is 1. The summed E-state index contributed by atoms with van der Waals surface area (Å²) in [5, 5.41) is 3.91. The highest BCUT2D eigenvalue weighted by Gasteiger charge is 2.13. The summed E-state index contributed by atoms with van der Waals surface area (Å²) in [6, 6.07) is 16.8. The number of hydrazone groups is 1. The molecule has 4 nitrogen and oxygen atoms in total. The van der Waals surface area contributed by atoms with Crippen molar-refractivity contribution in [2.45, 2.75) is 13.0 Å². The molecule has 21 heavy (non-hydrogen) atoms. The third-order valence-corrected chi connectivity index (χ3v) is 3.21. The lowest BCUT2D eigenvalue weighted by atomic mass is 10.2. The second kappa shape index (κ2) is 7.59. The molecule has 0 bridgehead atoms. The first-order valence-electron chi connectivity index (χ1n) is 6.45. The van der Waals surface area contributed by atoms with E-state index in [1.165, 1.54) is 0 Å². The Morgan fingerprint density at radius 1 is 1.19 bits per heavy atom. The maximum absolute atomic E-state index is 11.8. The lowest BCUT2D eigenvalue weighted by molar-refractivity contribution is -0.127. The van der Waals surface area contributed by atoms with Crippen LogP contribution in [0.3, 0.4) is 0 Å². The Bertz CT molecular complexity index is 612. The van der Waals surface area contributed by atoms with Crippen molar-refractivity contribution in [3.8, 4) is 5.75 Å². The van der Waals surface area contributed by atoms with Gasteiger partial charge in [0.15, 0.2) is 6.10 Å². The average Bonchev–Trinajstić information content (AvgIpc) is 2.50. The number of nitrogens with one attached hydrogen (secondary N) is 1. The minimum absolute atomic E-state index is 0.301. The molecule has 2 aromatic carbocycles. The van der Waals surface area contributed by atoms with Crippen LogP contribution in [0.15, 0.2) is 64.2 Å². The average molecular weight is 347 g/mol. The molecule has 1 amide bonds. The normalized spacial score (nSPS) is 12.1. The molecule has 0 saturated carbocycles. The minimum Gasteiger partial charge on any atom is -0.481 e. The minimum atomic E-state index is -0.626. The molecular formula is C16H15BrN2O2. The van der Waals surface area contributed by atoms with Crippen molar-refractivity contribution in [2.75, 3.05) is 0 Å². The molecule has 0 radical (unpaired) electrons. The van der Waals surface area contributed by atoms with Gasteiger partial charge in [-0.25, -0.2) is 5.43 Å². The standard InChI is InChI=1S/C16H15BrN2O2/c1-12(21-15-9-7-14(17)8-10-15)16(20)19-18-11-13-5-3-2-4-6-13/h2-12H,1H3,(H,19,20)/b18-11+. The highest BCUT2D eigenvalue weighted by atomic mass is 79.9. The number of ether oxygens (including phenoxy) is 1. The number of carbonyl (C=O) groups excluding carboxylic acids is 1. The Kier molecular flexibility index (Phi) is 5.51. The van der Waals surface area contributed by atoms with Crippen molar-refractivity contribution >= 4 is 28.1 Å². The fraction of sp³-hybridized carbons (Fsp3) is 0.125. The van der Waals surface area contributed by atoms with Crippen LogP contribution in [-0.2, 0) is 4.79 Å². The van der Waals surface area contributed by atoms with Crippen molar-refractivity contribution in [3.63, 3.8) is 0 Å². The molecule has 2 rings (SSSR count). The van der Waals surface area contributed by atoms with E-state index in [0.717, 1.165) is 10.0 Å².